The summed E-state index contributed by atoms with van der Waals surface area (Å²) in [7, 11) is 2.04. The lowest BCUT2D eigenvalue weighted by Crippen LogP contribution is -2.45. The van der Waals surface area contributed by atoms with Gasteiger partial charge in [0.15, 0.2) is 0 Å². The van der Waals surface area contributed by atoms with Gasteiger partial charge in [0.1, 0.15) is 0 Å². The average molecular weight is 218 g/mol. The second-order valence-electron chi connectivity index (χ2n) is 4.21. The van der Waals surface area contributed by atoms with Crippen molar-refractivity contribution < 1.29 is 0 Å². The van der Waals surface area contributed by atoms with Crippen LogP contribution < -0.4 is 5.32 Å². The zero-order chi connectivity index (χ0) is 11.4. The largest absolute Gasteiger partial charge is 0.353 e. The van der Waals surface area contributed by atoms with Gasteiger partial charge in [-0.1, -0.05) is 0 Å². The molecule has 4 nitrogen and oxygen atoms in total. The van der Waals surface area contributed by atoms with Gasteiger partial charge in [0.25, 0.3) is 0 Å². The number of rotatable bonds is 3. The maximum atomic E-state index is 8.96. The van der Waals surface area contributed by atoms with Crippen LogP contribution in [-0.4, -0.2) is 35.6 Å². The first-order chi connectivity index (χ1) is 7.83. The molecular formula is C12H18N4. The molecule has 16 heavy (non-hydrogen) atoms. The van der Waals surface area contributed by atoms with E-state index in [0.29, 0.717) is 6.42 Å². The third-order valence-electron chi connectivity index (χ3n) is 3.20. The van der Waals surface area contributed by atoms with E-state index in [1.807, 2.05) is 19.3 Å². The minimum Gasteiger partial charge on any atom is -0.353 e. The summed E-state index contributed by atoms with van der Waals surface area (Å²) < 4.78 is 2.12. The summed E-state index contributed by atoms with van der Waals surface area (Å²) in [4.78, 5) is 2.40. The first kappa shape index (κ1) is 11.2. The van der Waals surface area contributed by atoms with Crippen LogP contribution in [0.2, 0.25) is 0 Å². The molecule has 2 rings (SSSR count). The Kier molecular flexibility index (Phi) is 3.60. The maximum Gasteiger partial charge on any atom is 0.0642 e. The average Bonchev–Trinajstić information content (AvgIpc) is 2.73. The number of aryl methyl sites for hydroxylation is 1. The van der Waals surface area contributed by atoms with Crippen LogP contribution >= 0.6 is 0 Å². The second-order valence-corrected chi connectivity index (χ2v) is 4.21. The number of nitrogens with zero attached hydrogens (tertiary/aromatic N) is 3. The molecule has 86 valence electrons. The molecule has 1 N–H and O–H groups in total. The summed E-state index contributed by atoms with van der Waals surface area (Å²) in [6.45, 7) is 4.09. The summed E-state index contributed by atoms with van der Waals surface area (Å²) in [5.41, 5.74) is 1.24. The molecule has 2 heterocycles. The van der Waals surface area contributed by atoms with Gasteiger partial charge in [-0.25, -0.2) is 0 Å². The van der Waals surface area contributed by atoms with Crippen molar-refractivity contribution in [3.05, 3.63) is 24.0 Å². The maximum absolute atomic E-state index is 8.96. The Morgan fingerprint density at radius 3 is 2.81 bits per heavy atom. The predicted molar refractivity (Wildman–Crippen MR) is 62.8 cm³/mol. The minimum absolute atomic E-state index is 0.243. The lowest BCUT2D eigenvalue weighted by Gasteiger charge is -2.34. The monoisotopic (exact) mass is 218 g/mol. The minimum atomic E-state index is 0.243. The molecule has 0 bridgehead atoms. The van der Waals surface area contributed by atoms with E-state index >= 15 is 0 Å². The Bertz CT molecular complexity index is 371. The highest BCUT2D eigenvalue weighted by Gasteiger charge is 2.23. The highest BCUT2D eigenvalue weighted by molar-refractivity contribution is 5.13. The Labute approximate surface area is 96.5 Å². The van der Waals surface area contributed by atoms with Crippen molar-refractivity contribution in [1.82, 2.24) is 14.8 Å². The molecule has 1 fully saturated rings. The number of nitriles is 1. The Morgan fingerprint density at radius 2 is 2.25 bits per heavy atom. The van der Waals surface area contributed by atoms with Gasteiger partial charge < -0.3 is 9.88 Å². The van der Waals surface area contributed by atoms with E-state index in [1.165, 1.54) is 5.69 Å². The summed E-state index contributed by atoms with van der Waals surface area (Å²) in [6.07, 6.45) is 2.61. The van der Waals surface area contributed by atoms with Crippen molar-refractivity contribution in [3.63, 3.8) is 0 Å². The SMILES string of the molecule is Cn1cccc1[C@@H](CC#N)N1CCNCC1. The number of nitrogens with one attached hydrogen (secondary N) is 1. The Hall–Kier alpha value is -1.31. The summed E-state index contributed by atoms with van der Waals surface area (Å²) in [6, 6.07) is 6.71. The zero-order valence-electron chi connectivity index (χ0n) is 9.69. The van der Waals surface area contributed by atoms with E-state index in [4.69, 9.17) is 5.26 Å². The van der Waals surface area contributed by atoms with Crippen LogP contribution in [0.15, 0.2) is 18.3 Å². The number of hydrogen-bond donors (Lipinski definition) is 1. The molecule has 0 saturated carbocycles. The summed E-state index contributed by atoms with van der Waals surface area (Å²) in [5.74, 6) is 0. The fourth-order valence-electron chi connectivity index (χ4n) is 2.32. The molecule has 0 amide bonds. The van der Waals surface area contributed by atoms with Gasteiger partial charge in [0.2, 0.25) is 0 Å². The van der Waals surface area contributed by atoms with E-state index < -0.39 is 0 Å². The van der Waals surface area contributed by atoms with Gasteiger partial charge in [-0.15, -0.1) is 0 Å². The summed E-state index contributed by atoms with van der Waals surface area (Å²) >= 11 is 0. The lowest BCUT2D eigenvalue weighted by molar-refractivity contribution is 0.170. The van der Waals surface area contributed by atoms with Crippen LogP contribution in [0.5, 0.6) is 0 Å². The van der Waals surface area contributed by atoms with Gasteiger partial charge in [-0.05, 0) is 12.1 Å². The number of aromatic nitrogens is 1. The van der Waals surface area contributed by atoms with Gasteiger partial charge in [0.05, 0.1) is 18.5 Å². The van der Waals surface area contributed by atoms with Crippen molar-refractivity contribution in [2.45, 2.75) is 12.5 Å². The predicted octanol–water partition coefficient (Wildman–Crippen LogP) is 0.885. The van der Waals surface area contributed by atoms with Gasteiger partial charge in [-0.3, -0.25) is 4.90 Å². The first-order valence-electron chi connectivity index (χ1n) is 5.76. The molecule has 0 unspecified atom stereocenters. The molecule has 1 aromatic heterocycles. The van der Waals surface area contributed by atoms with E-state index in [1.54, 1.807) is 0 Å². The zero-order valence-corrected chi connectivity index (χ0v) is 9.69. The van der Waals surface area contributed by atoms with Gasteiger partial charge in [0, 0.05) is 45.1 Å². The van der Waals surface area contributed by atoms with Crippen LogP contribution in [0.3, 0.4) is 0 Å². The third kappa shape index (κ3) is 2.26. The van der Waals surface area contributed by atoms with Crippen molar-refractivity contribution in [3.8, 4) is 6.07 Å². The third-order valence-corrected chi connectivity index (χ3v) is 3.20. The van der Waals surface area contributed by atoms with E-state index in [9.17, 15) is 0 Å². The van der Waals surface area contributed by atoms with Crippen LogP contribution in [-0.2, 0) is 7.05 Å². The first-order valence-corrected chi connectivity index (χ1v) is 5.76. The smallest absolute Gasteiger partial charge is 0.0642 e. The fourth-order valence-corrected chi connectivity index (χ4v) is 2.32. The van der Waals surface area contributed by atoms with Crippen LogP contribution in [0.1, 0.15) is 18.2 Å². The second kappa shape index (κ2) is 5.15. The summed E-state index contributed by atoms with van der Waals surface area (Å²) in [5, 5.41) is 12.3. The molecule has 4 heteroatoms. The molecule has 0 radical (unpaired) electrons. The van der Waals surface area contributed by atoms with Crippen LogP contribution in [0.4, 0.5) is 0 Å². The van der Waals surface area contributed by atoms with Crippen molar-refractivity contribution in [2.24, 2.45) is 7.05 Å². The highest BCUT2D eigenvalue weighted by Crippen LogP contribution is 2.24. The molecule has 1 atom stereocenters. The van der Waals surface area contributed by atoms with Crippen molar-refractivity contribution >= 4 is 0 Å². The molecule has 0 aliphatic carbocycles. The highest BCUT2D eigenvalue weighted by atomic mass is 15.2. The normalized spacial score (nSPS) is 19.2. The molecule has 1 aromatic rings. The Balaban J connectivity index is 2.16. The molecule has 0 aromatic carbocycles. The molecule has 1 saturated heterocycles. The quantitative estimate of drug-likeness (QED) is 0.819. The topological polar surface area (TPSA) is 44.0 Å². The van der Waals surface area contributed by atoms with Crippen molar-refractivity contribution in [2.75, 3.05) is 26.2 Å². The standard InChI is InChI=1S/C12H18N4/c1-15-8-2-3-11(15)12(4-5-13)16-9-6-14-7-10-16/h2-3,8,12,14H,4,6-7,9-10H2,1H3/t12-/m1/s1. The van der Waals surface area contributed by atoms with Crippen LogP contribution in [0, 0.1) is 11.3 Å². The molecule has 0 spiro atoms. The number of piperazine rings is 1. The van der Waals surface area contributed by atoms with E-state index in [0.717, 1.165) is 26.2 Å². The molecule has 1 aliphatic rings. The van der Waals surface area contributed by atoms with Gasteiger partial charge in [-0.2, -0.15) is 5.26 Å². The van der Waals surface area contributed by atoms with E-state index in [-0.39, 0.29) is 6.04 Å². The Morgan fingerprint density at radius 1 is 1.50 bits per heavy atom. The van der Waals surface area contributed by atoms with Gasteiger partial charge >= 0.3 is 0 Å². The lowest BCUT2D eigenvalue weighted by atomic mass is 10.1. The molecule has 1 aliphatic heterocycles. The molecular weight excluding hydrogens is 200 g/mol. The fraction of sp³-hybridized carbons (Fsp3) is 0.583. The van der Waals surface area contributed by atoms with Crippen molar-refractivity contribution in [1.29, 1.82) is 5.26 Å². The van der Waals surface area contributed by atoms with Crippen LogP contribution in [0.25, 0.3) is 0 Å². The van der Waals surface area contributed by atoms with E-state index in [2.05, 4.69) is 26.9 Å². The number of hydrogen-bond acceptors (Lipinski definition) is 3.